The molecule has 0 aromatic heterocycles. The van der Waals surface area contributed by atoms with E-state index in [2.05, 4.69) is 11.4 Å². The molecule has 6 nitrogen and oxygen atoms in total. The van der Waals surface area contributed by atoms with Crippen molar-refractivity contribution < 1.29 is 17.9 Å². The third kappa shape index (κ3) is 6.18. The van der Waals surface area contributed by atoms with Crippen LogP contribution in [0.4, 0.5) is 5.69 Å². The maximum absolute atomic E-state index is 12.9. The second kappa shape index (κ2) is 11.3. The van der Waals surface area contributed by atoms with Gasteiger partial charge in [-0.15, -0.1) is 0 Å². The normalized spacial score (nSPS) is 10.9. The molecule has 1 N–H and O–H groups in total. The number of rotatable bonds is 8. The molecule has 0 saturated heterocycles. The highest BCUT2D eigenvalue weighted by Gasteiger charge is 2.19. The fourth-order valence-corrected chi connectivity index (χ4v) is 4.82. The fourth-order valence-electron chi connectivity index (χ4n) is 3.76. The lowest BCUT2D eigenvalue weighted by molar-refractivity contribution is -0.115. The maximum Gasteiger partial charge on any atom is 0.228 e. The van der Waals surface area contributed by atoms with E-state index in [1.807, 2.05) is 30.3 Å². The lowest BCUT2D eigenvalue weighted by Gasteiger charge is -2.17. The van der Waals surface area contributed by atoms with E-state index in [4.69, 9.17) is 16.3 Å². The first-order valence-corrected chi connectivity index (χ1v) is 13.5. The molecule has 0 aliphatic heterocycles. The van der Waals surface area contributed by atoms with Crippen molar-refractivity contribution in [3.63, 3.8) is 0 Å². The van der Waals surface area contributed by atoms with Gasteiger partial charge < -0.3 is 10.1 Å². The van der Waals surface area contributed by atoms with E-state index in [0.717, 1.165) is 5.56 Å². The zero-order valence-corrected chi connectivity index (χ0v) is 21.5. The molecule has 0 radical (unpaired) electrons. The van der Waals surface area contributed by atoms with Crippen LogP contribution in [0.1, 0.15) is 18.1 Å². The molecule has 4 aromatic carbocycles. The summed E-state index contributed by atoms with van der Waals surface area (Å²) in [5.41, 5.74) is 2.63. The van der Waals surface area contributed by atoms with Gasteiger partial charge >= 0.3 is 0 Å². The Balaban J connectivity index is 1.65. The van der Waals surface area contributed by atoms with E-state index >= 15 is 0 Å². The number of carbonyl (C=O) groups is 1. The fraction of sp³-hybridized carbons (Fsp3) is 0.103. The molecule has 186 valence electrons. The lowest BCUT2D eigenvalue weighted by Crippen LogP contribution is -2.15. The van der Waals surface area contributed by atoms with Gasteiger partial charge in [0.1, 0.15) is 17.4 Å². The molecule has 0 aliphatic rings. The third-order valence-electron chi connectivity index (χ3n) is 5.67. The Morgan fingerprint density at radius 3 is 2.35 bits per heavy atom. The van der Waals surface area contributed by atoms with Gasteiger partial charge in [0.25, 0.3) is 0 Å². The molecule has 1 amide bonds. The van der Waals surface area contributed by atoms with E-state index in [0.29, 0.717) is 33.3 Å². The van der Waals surface area contributed by atoms with Crippen molar-refractivity contribution in [3.05, 3.63) is 107 Å². The number of nitrogens with zero attached hydrogens (tertiary/aromatic N) is 1. The van der Waals surface area contributed by atoms with Gasteiger partial charge in [0.05, 0.1) is 22.8 Å². The monoisotopic (exact) mass is 530 g/mol. The highest BCUT2D eigenvalue weighted by Crippen LogP contribution is 2.40. The summed E-state index contributed by atoms with van der Waals surface area (Å²) in [5.74, 6) is 0.390. The number of benzene rings is 4. The highest BCUT2D eigenvalue weighted by atomic mass is 35.5. The number of hydrogen-bond donors (Lipinski definition) is 1. The number of amides is 1. The first kappa shape index (κ1) is 26.0. The van der Waals surface area contributed by atoms with E-state index in [9.17, 15) is 18.5 Å². The number of anilines is 1. The smallest absolute Gasteiger partial charge is 0.228 e. The second-order valence-electron chi connectivity index (χ2n) is 8.17. The molecule has 0 bridgehead atoms. The summed E-state index contributed by atoms with van der Waals surface area (Å²) >= 11 is 6.13. The van der Waals surface area contributed by atoms with Crippen LogP contribution in [-0.2, 0) is 21.1 Å². The van der Waals surface area contributed by atoms with Gasteiger partial charge in [-0.2, -0.15) is 5.26 Å². The van der Waals surface area contributed by atoms with Gasteiger partial charge in [-0.25, -0.2) is 8.42 Å². The Labute approximate surface area is 221 Å². The number of carbonyl (C=O) groups excluding carboxylic acids is 1. The average Bonchev–Trinajstić information content (AvgIpc) is 2.90. The Hall–Kier alpha value is -4.12. The molecule has 0 atom stereocenters. The van der Waals surface area contributed by atoms with Crippen molar-refractivity contribution >= 4 is 33.0 Å². The molecule has 4 aromatic rings. The molecule has 0 heterocycles. The topological polar surface area (TPSA) is 96.3 Å². The van der Waals surface area contributed by atoms with Crippen molar-refractivity contribution in [1.29, 1.82) is 5.26 Å². The molecule has 8 heteroatoms. The molecule has 0 fully saturated rings. The molecule has 0 unspecified atom stereocenters. The number of halogens is 1. The molecular weight excluding hydrogens is 508 g/mol. The second-order valence-corrected chi connectivity index (χ2v) is 10.9. The number of hydrogen-bond acceptors (Lipinski definition) is 5. The predicted molar refractivity (Wildman–Crippen MR) is 145 cm³/mol. The average molecular weight is 531 g/mol. The first-order valence-electron chi connectivity index (χ1n) is 11.5. The van der Waals surface area contributed by atoms with Gasteiger partial charge in [0.15, 0.2) is 15.6 Å². The molecule has 37 heavy (non-hydrogen) atoms. The summed E-state index contributed by atoms with van der Waals surface area (Å²) in [6, 6.07) is 28.2. The zero-order chi connectivity index (χ0) is 26.4. The van der Waals surface area contributed by atoms with Crippen LogP contribution in [0.25, 0.3) is 11.1 Å². The first-order chi connectivity index (χ1) is 17.8. The summed E-state index contributed by atoms with van der Waals surface area (Å²) in [6.07, 6.45) is 0.00222. The Morgan fingerprint density at radius 2 is 1.70 bits per heavy atom. The summed E-state index contributed by atoms with van der Waals surface area (Å²) in [5, 5.41) is 13.4. The Bertz CT molecular complexity index is 1580. The minimum Gasteiger partial charge on any atom is -0.455 e. The third-order valence-corrected chi connectivity index (χ3v) is 7.66. The standard InChI is InChI=1S/C29H23ClN2O4S/c1-2-37(34,35)24-13-11-20(12-14-24)17-28(33)32-27-16-15-25(21-7-4-3-5-8-21)29(26(27)19-31)36-23-10-6-9-22(30)18-23/h3-16,18H,2,17H2,1H3,(H,32,33). The largest absolute Gasteiger partial charge is 0.455 e. The van der Waals surface area contributed by atoms with Crippen molar-refractivity contribution in [2.45, 2.75) is 18.2 Å². The number of ether oxygens (including phenoxy) is 1. The highest BCUT2D eigenvalue weighted by molar-refractivity contribution is 7.91. The van der Waals surface area contributed by atoms with E-state index in [-0.39, 0.29) is 28.5 Å². The molecule has 4 rings (SSSR count). The van der Waals surface area contributed by atoms with Crippen molar-refractivity contribution in [2.75, 3.05) is 11.1 Å². The van der Waals surface area contributed by atoms with E-state index in [1.54, 1.807) is 55.5 Å². The molecule has 0 aliphatic carbocycles. The van der Waals surface area contributed by atoms with Gasteiger partial charge in [-0.3, -0.25) is 4.79 Å². The summed E-state index contributed by atoms with van der Waals surface area (Å²) in [6.45, 7) is 1.58. The van der Waals surface area contributed by atoms with Crippen LogP contribution in [0.5, 0.6) is 11.5 Å². The van der Waals surface area contributed by atoms with Crippen molar-refractivity contribution in [2.24, 2.45) is 0 Å². The molecule has 0 spiro atoms. The number of nitriles is 1. The lowest BCUT2D eigenvalue weighted by atomic mass is 10.00. The van der Waals surface area contributed by atoms with Gasteiger partial charge in [-0.05, 0) is 53.6 Å². The van der Waals surface area contributed by atoms with Crippen LogP contribution < -0.4 is 10.1 Å². The number of nitrogens with one attached hydrogen (secondary N) is 1. The Kier molecular flexibility index (Phi) is 7.92. The van der Waals surface area contributed by atoms with E-state index in [1.165, 1.54) is 12.1 Å². The predicted octanol–water partition coefficient (Wildman–Crippen LogP) is 6.65. The van der Waals surface area contributed by atoms with Crippen LogP contribution in [0.2, 0.25) is 5.02 Å². The van der Waals surface area contributed by atoms with Gasteiger partial charge in [0.2, 0.25) is 5.91 Å². The van der Waals surface area contributed by atoms with Crippen LogP contribution in [0.15, 0.2) is 95.9 Å². The van der Waals surface area contributed by atoms with Crippen LogP contribution in [0, 0.1) is 11.3 Å². The minimum atomic E-state index is -3.32. The van der Waals surface area contributed by atoms with Crippen molar-refractivity contribution in [1.82, 2.24) is 0 Å². The minimum absolute atomic E-state index is 0.00222. The molecular formula is C29H23ClN2O4S. The summed E-state index contributed by atoms with van der Waals surface area (Å²) < 4.78 is 30.2. The zero-order valence-electron chi connectivity index (χ0n) is 19.9. The van der Waals surface area contributed by atoms with E-state index < -0.39 is 9.84 Å². The number of sulfone groups is 1. The SMILES string of the molecule is CCS(=O)(=O)c1ccc(CC(=O)Nc2ccc(-c3ccccc3)c(Oc3cccc(Cl)c3)c2C#N)cc1. The van der Waals surface area contributed by atoms with Crippen LogP contribution in [-0.4, -0.2) is 20.1 Å². The van der Waals surface area contributed by atoms with Crippen molar-refractivity contribution in [3.8, 4) is 28.7 Å². The van der Waals surface area contributed by atoms with Crippen LogP contribution in [0.3, 0.4) is 0 Å². The molecule has 0 saturated carbocycles. The Morgan fingerprint density at radius 1 is 0.973 bits per heavy atom. The van der Waals surface area contributed by atoms with Crippen LogP contribution >= 0.6 is 11.6 Å². The quantitative estimate of drug-likeness (QED) is 0.275. The van der Waals surface area contributed by atoms with Gasteiger partial charge in [0, 0.05) is 10.6 Å². The summed E-state index contributed by atoms with van der Waals surface area (Å²) in [4.78, 5) is 13.1. The van der Waals surface area contributed by atoms with Gasteiger partial charge in [-0.1, -0.05) is 67.1 Å². The maximum atomic E-state index is 12.9. The summed E-state index contributed by atoms with van der Waals surface area (Å²) in [7, 11) is -3.32.